The molecule has 4 rings (SSSR count). The van der Waals surface area contributed by atoms with Crippen molar-refractivity contribution in [2.75, 3.05) is 0 Å². The van der Waals surface area contributed by atoms with Gasteiger partial charge in [-0.25, -0.2) is 0 Å². The second kappa shape index (κ2) is 6.14. The zero-order chi connectivity index (χ0) is 18.7. The van der Waals surface area contributed by atoms with E-state index in [1.807, 2.05) is 0 Å². The molecule has 3 aliphatic rings. The predicted octanol–water partition coefficient (Wildman–Crippen LogP) is 6.88. The lowest BCUT2D eigenvalue weighted by Gasteiger charge is -2.48. The molecular formula is C25H36O. The first kappa shape index (κ1) is 18.1. The third-order valence-electron chi connectivity index (χ3n) is 8.13. The van der Waals surface area contributed by atoms with Crippen LogP contribution in [0.3, 0.4) is 0 Å². The van der Waals surface area contributed by atoms with Gasteiger partial charge in [0.1, 0.15) is 5.75 Å². The Labute approximate surface area is 159 Å². The second-order valence-corrected chi connectivity index (χ2v) is 10.6. The Kier molecular flexibility index (Phi) is 4.29. The Bertz CT molecular complexity index is 731. The molecule has 0 amide bonds. The highest BCUT2D eigenvalue weighted by molar-refractivity contribution is 5.50. The van der Waals surface area contributed by atoms with Crippen LogP contribution in [0.2, 0.25) is 0 Å². The fraction of sp³-hybridized carbons (Fsp3) is 0.680. The first-order valence-electron chi connectivity index (χ1n) is 10.7. The van der Waals surface area contributed by atoms with Crippen molar-refractivity contribution in [2.24, 2.45) is 17.3 Å². The Balaban J connectivity index is 1.79. The van der Waals surface area contributed by atoms with Crippen LogP contribution >= 0.6 is 0 Å². The lowest BCUT2D eigenvalue weighted by Crippen LogP contribution is -2.38. The molecule has 26 heavy (non-hydrogen) atoms. The van der Waals surface area contributed by atoms with E-state index in [1.165, 1.54) is 47.9 Å². The van der Waals surface area contributed by atoms with Crippen molar-refractivity contribution >= 4 is 0 Å². The number of rotatable bonds is 2. The summed E-state index contributed by atoms with van der Waals surface area (Å²) in [5.74, 6) is 2.47. The van der Waals surface area contributed by atoms with E-state index >= 15 is 0 Å². The van der Waals surface area contributed by atoms with Crippen LogP contribution in [0, 0.1) is 17.3 Å². The number of allylic oxidation sites excluding steroid dienone is 2. The monoisotopic (exact) mass is 352 g/mol. The molecule has 1 nitrogen and oxygen atoms in total. The summed E-state index contributed by atoms with van der Waals surface area (Å²) >= 11 is 0. The Morgan fingerprint density at radius 2 is 1.81 bits per heavy atom. The van der Waals surface area contributed by atoms with E-state index in [0.29, 0.717) is 23.0 Å². The van der Waals surface area contributed by atoms with E-state index in [4.69, 9.17) is 0 Å². The zero-order valence-electron chi connectivity index (χ0n) is 17.4. The highest BCUT2D eigenvalue weighted by Crippen LogP contribution is 2.56. The van der Waals surface area contributed by atoms with Crippen LogP contribution in [-0.4, -0.2) is 5.11 Å². The zero-order valence-corrected chi connectivity index (χ0v) is 17.4. The number of fused-ring (bicyclic) bond motifs is 3. The first-order valence-corrected chi connectivity index (χ1v) is 10.7. The molecule has 0 radical (unpaired) electrons. The lowest BCUT2D eigenvalue weighted by molar-refractivity contribution is 0.149. The van der Waals surface area contributed by atoms with Gasteiger partial charge in [-0.15, -0.1) is 0 Å². The fourth-order valence-electron chi connectivity index (χ4n) is 6.38. The number of aromatic hydroxyl groups is 1. The van der Waals surface area contributed by atoms with Gasteiger partial charge in [0, 0.05) is 5.56 Å². The van der Waals surface area contributed by atoms with E-state index in [-0.39, 0.29) is 5.41 Å². The molecule has 0 saturated heterocycles. The summed E-state index contributed by atoms with van der Waals surface area (Å²) in [5.41, 5.74) is 6.01. The molecule has 1 aromatic rings. The maximum Gasteiger partial charge on any atom is 0.119 e. The Morgan fingerprint density at radius 1 is 1.12 bits per heavy atom. The molecule has 3 aliphatic carbocycles. The molecule has 1 N–H and O–H groups in total. The second-order valence-electron chi connectivity index (χ2n) is 10.6. The number of benzene rings is 1. The van der Waals surface area contributed by atoms with Crippen molar-refractivity contribution in [3.8, 4) is 5.75 Å². The average molecular weight is 353 g/mol. The highest BCUT2D eigenvalue weighted by Gasteiger charge is 2.44. The predicted molar refractivity (Wildman–Crippen MR) is 110 cm³/mol. The normalized spacial score (nSPS) is 28.4. The van der Waals surface area contributed by atoms with Crippen LogP contribution in [0.25, 0.3) is 0 Å². The topological polar surface area (TPSA) is 20.2 Å². The quantitative estimate of drug-likeness (QED) is 0.575. The van der Waals surface area contributed by atoms with Crippen LogP contribution in [0.5, 0.6) is 5.75 Å². The summed E-state index contributed by atoms with van der Waals surface area (Å²) in [7, 11) is 0. The maximum atomic E-state index is 11.1. The lowest BCUT2D eigenvalue weighted by atomic mass is 9.57. The summed E-state index contributed by atoms with van der Waals surface area (Å²) < 4.78 is 0. The summed E-state index contributed by atoms with van der Waals surface area (Å²) in [6.45, 7) is 11.9. The summed E-state index contributed by atoms with van der Waals surface area (Å²) in [4.78, 5) is 0. The van der Waals surface area contributed by atoms with Gasteiger partial charge in [0.25, 0.3) is 0 Å². The summed E-state index contributed by atoms with van der Waals surface area (Å²) in [6.07, 6.45) is 11.2. The van der Waals surface area contributed by atoms with Gasteiger partial charge in [0.15, 0.2) is 0 Å². The number of phenolic OH excluding ortho intramolecular Hbond substituents is 1. The van der Waals surface area contributed by atoms with Crippen molar-refractivity contribution in [3.63, 3.8) is 0 Å². The van der Waals surface area contributed by atoms with Gasteiger partial charge in [-0.1, -0.05) is 58.3 Å². The molecule has 1 fully saturated rings. The molecular weight excluding hydrogens is 316 g/mol. The van der Waals surface area contributed by atoms with Crippen LogP contribution < -0.4 is 0 Å². The van der Waals surface area contributed by atoms with Gasteiger partial charge in [-0.05, 0) is 84.8 Å². The molecule has 1 aromatic carbocycles. The van der Waals surface area contributed by atoms with Crippen LogP contribution in [-0.2, 0) is 11.8 Å². The van der Waals surface area contributed by atoms with E-state index in [9.17, 15) is 5.11 Å². The maximum absolute atomic E-state index is 11.1. The highest BCUT2D eigenvalue weighted by atomic mass is 16.3. The van der Waals surface area contributed by atoms with Gasteiger partial charge in [-0.2, -0.15) is 0 Å². The molecule has 0 bridgehead atoms. The van der Waals surface area contributed by atoms with E-state index in [0.717, 1.165) is 25.2 Å². The van der Waals surface area contributed by atoms with Gasteiger partial charge in [0.05, 0.1) is 0 Å². The largest absolute Gasteiger partial charge is 0.508 e. The molecule has 0 aliphatic heterocycles. The molecule has 0 heterocycles. The molecule has 1 saturated carbocycles. The summed E-state index contributed by atoms with van der Waals surface area (Å²) in [6, 6.07) is 4.60. The number of hydrogen-bond donors (Lipinski definition) is 1. The van der Waals surface area contributed by atoms with E-state index in [1.54, 1.807) is 0 Å². The number of phenols is 1. The number of hydrogen-bond acceptors (Lipinski definition) is 1. The van der Waals surface area contributed by atoms with Gasteiger partial charge < -0.3 is 5.11 Å². The molecule has 0 spiro atoms. The molecule has 1 heteroatoms. The minimum atomic E-state index is 0.159. The minimum absolute atomic E-state index is 0.159. The SMILES string of the molecule is CC1=CC[C@@H]2[C@@H](C1)c1c(O)cc(C(C)(C)C3CCCC3)cc1CC2(C)C. The van der Waals surface area contributed by atoms with Crippen molar-refractivity contribution in [2.45, 2.75) is 90.9 Å². The van der Waals surface area contributed by atoms with Gasteiger partial charge in [-0.3, -0.25) is 0 Å². The van der Waals surface area contributed by atoms with Gasteiger partial charge >= 0.3 is 0 Å². The third kappa shape index (κ3) is 2.83. The van der Waals surface area contributed by atoms with Crippen LogP contribution in [0.4, 0.5) is 0 Å². The third-order valence-corrected chi connectivity index (χ3v) is 8.13. The average Bonchev–Trinajstić information content (AvgIpc) is 3.08. The van der Waals surface area contributed by atoms with Crippen molar-refractivity contribution in [3.05, 3.63) is 40.5 Å². The Hall–Kier alpha value is -1.24. The molecule has 142 valence electrons. The molecule has 0 unspecified atom stereocenters. The Morgan fingerprint density at radius 3 is 2.50 bits per heavy atom. The van der Waals surface area contributed by atoms with Crippen LogP contribution in [0.1, 0.15) is 95.8 Å². The molecule has 2 atom stereocenters. The van der Waals surface area contributed by atoms with E-state index < -0.39 is 0 Å². The minimum Gasteiger partial charge on any atom is -0.508 e. The smallest absolute Gasteiger partial charge is 0.119 e. The van der Waals surface area contributed by atoms with Crippen molar-refractivity contribution in [1.82, 2.24) is 0 Å². The van der Waals surface area contributed by atoms with E-state index in [2.05, 4.69) is 52.8 Å². The van der Waals surface area contributed by atoms with Gasteiger partial charge in [0.2, 0.25) is 0 Å². The first-order chi connectivity index (χ1) is 12.2. The standard InChI is InChI=1S/C25H36O/c1-16-10-11-21-20(12-16)23-17(15-24(21,2)3)13-19(14-22(23)26)25(4,5)18-8-6-7-9-18/h10,13-14,18,20-21,26H,6-9,11-12,15H2,1-5H3/t20-,21-/m1/s1. The van der Waals surface area contributed by atoms with Crippen molar-refractivity contribution < 1.29 is 5.11 Å². The summed E-state index contributed by atoms with van der Waals surface area (Å²) in [5, 5.41) is 11.1. The fourth-order valence-corrected chi connectivity index (χ4v) is 6.38. The molecule has 0 aromatic heterocycles. The van der Waals surface area contributed by atoms with Crippen molar-refractivity contribution in [1.29, 1.82) is 0 Å². The van der Waals surface area contributed by atoms with Crippen LogP contribution in [0.15, 0.2) is 23.8 Å².